The zero-order valence-corrected chi connectivity index (χ0v) is 7.56. The molecule has 1 aromatic carbocycles. The highest BCUT2D eigenvalue weighted by molar-refractivity contribution is 6.60. The van der Waals surface area contributed by atoms with Gasteiger partial charge in [0.2, 0.25) is 0 Å². The summed E-state index contributed by atoms with van der Waals surface area (Å²) in [7, 11) is -0.0346. The maximum Gasteiger partial charge on any atom is 0.490 e. The predicted octanol–water partition coefficient (Wildman–Crippen LogP) is -0.894. The SMILES string of the molecule is CNc1cc(C(=O)O)ccc1B(O)O. The van der Waals surface area contributed by atoms with Gasteiger partial charge in [0, 0.05) is 18.2 Å². The molecule has 1 aromatic rings. The Kier molecular flexibility index (Phi) is 3.11. The summed E-state index contributed by atoms with van der Waals surface area (Å²) in [6, 6.07) is 4.02. The molecule has 0 unspecified atom stereocenters. The van der Waals surface area contributed by atoms with E-state index in [1.165, 1.54) is 18.2 Å². The fraction of sp³-hybridized carbons (Fsp3) is 0.125. The largest absolute Gasteiger partial charge is 0.490 e. The molecule has 0 saturated heterocycles. The lowest BCUT2D eigenvalue weighted by atomic mass is 9.78. The summed E-state index contributed by atoms with van der Waals surface area (Å²) in [5.41, 5.74) is 0.733. The number of rotatable bonds is 3. The fourth-order valence-corrected chi connectivity index (χ4v) is 1.13. The van der Waals surface area contributed by atoms with Crippen molar-refractivity contribution in [3.63, 3.8) is 0 Å². The Bertz CT molecular complexity index is 353. The number of nitrogens with one attached hydrogen (secondary N) is 1. The van der Waals surface area contributed by atoms with Crippen LogP contribution in [0.1, 0.15) is 10.4 Å². The van der Waals surface area contributed by atoms with Crippen molar-refractivity contribution in [2.45, 2.75) is 0 Å². The average molecular weight is 195 g/mol. The molecular formula is C8H10BNO4. The summed E-state index contributed by atoms with van der Waals surface area (Å²) in [6.07, 6.45) is 0. The summed E-state index contributed by atoms with van der Waals surface area (Å²) in [4.78, 5) is 10.6. The molecule has 1 rings (SSSR count). The Morgan fingerprint density at radius 3 is 2.50 bits per heavy atom. The van der Waals surface area contributed by atoms with E-state index in [-0.39, 0.29) is 11.0 Å². The average Bonchev–Trinajstić information content (AvgIpc) is 2.16. The molecule has 5 nitrogen and oxygen atoms in total. The topological polar surface area (TPSA) is 89.8 Å². The van der Waals surface area contributed by atoms with Crippen LogP contribution in [0, 0.1) is 0 Å². The van der Waals surface area contributed by atoms with Crippen LogP contribution in [0.5, 0.6) is 0 Å². The molecule has 6 heteroatoms. The van der Waals surface area contributed by atoms with Gasteiger partial charge in [0.05, 0.1) is 5.56 Å². The normalized spacial score (nSPS) is 9.64. The van der Waals surface area contributed by atoms with Gasteiger partial charge in [-0.25, -0.2) is 4.79 Å². The fourth-order valence-electron chi connectivity index (χ4n) is 1.13. The highest BCUT2D eigenvalue weighted by atomic mass is 16.4. The maximum atomic E-state index is 10.6. The molecular weight excluding hydrogens is 185 g/mol. The molecule has 0 bridgehead atoms. The molecule has 0 amide bonds. The van der Waals surface area contributed by atoms with Crippen LogP contribution in [0.2, 0.25) is 0 Å². The van der Waals surface area contributed by atoms with Gasteiger partial charge in [0.1, 0.15) is 0 Å². The van der Waals surface area contributed by atoms with Gasteiger partial charge in [-0.1, -0.05) is 6.07 Å². The number of hydrogen-bond acceptors (Lipinski definition) is 4. The van der Waals surface area contributed by atoms with Crippen LogP contribution in [0.15, 0.2) is 18.2 Å². The molecule has 0 aliphatic rings. The number of carbonyl (C=O) groups is 1. The van der Waals surface area contributed by atoms with Crippen LogP contribution in [-0.4, -0.2) is 35.3 Å². The van der Waals surface area contributed by atoms with Gasteiger partial charge in [-0.15, -0.1) is 0 Å². The molecule has 0 radical (unpaired) electrons. The number of benzene rings is 1. The van der Waals surface area contributed by atoms with Crippen LogP contribution in [-0.2, 0) is 0 Å². The van der Waals surface area contributed by atoms with E-state index in [1.807, 2.05) is 0 Å². The van der Waals surface area contributed by atoms with Crippen LogP contribution in [0.25, 0.3) is 0 Å². The molecule has 4 N–H and O–H groups in total. The molecule has 0 aliphatic heterocycles. The minimum atomic E-state index is -1.61. The Balaban J connectivity index is 3.18. The summed E-state index contributed by atoms with van der Waals surface area (Å²) in [5.74, 6) is -1.06. The van der Waals surface area contributed by atoms with Crippen molar-refractivity contribution in [2.75, 3.05) is 12.4 Å². The quantitative estimate of drug-likeness (QED) is 0.469. The zero-order valence-electron chi connectivity index (χ0n) is 7.56. The van der Waals surface area contributed by atoms with E-state index in [2.05, 4.69) is 5.32 Å². The molecule has 0 fully saturated rings. The first kappa shape index (κ1) is 10.6. The second-order valence-corrected chi connectivity index (χ2v) is 2.73. The van der Waals surface area contributed by atoms with Crippen LogP contribution in [0.3, 0.4) is 0 Å². The second-order valence-electron chi connectivity index (χ2n) is 2.73. The smallest absolute Gasteiger partial charge is 0.478 e. The van der Waals surface area contributed by atoms with E-state index in [9.17, 15) is 4.79 Å². The third-order valence-electron chi connectivity index (χ3n) is 1.85. The highest BCUT2D eigenvalue weighted by Gasteiger charge is 2.16. The van der Waals surface area contributed by atoms with Gasteiger partial charge >= 0.3 is 13.1 Å². The number of aromatic carboxylic acids is 1. The third-order valence-corrected chi connectivity index (χ3v) is 1.85. The monoisotopic (exact) mass is 195 g/mol. The first-order valence-electron chi connectivity index (χ1n) is 3.97. The molecule has 74 valence electrons. The van der Waals surface area contributed by atoms with Crippen molar-refractivity contribution in [3.8, 4) is 0 Å². The Hall–Kier alpha value is -1.53. The zero-order chi connectivity index (χ0) is 10.7. The summed E-state index contributed by atoms with van der Waals surface area (Å²) < 4.78 is 0. The lowest BCUT2D eigenvalue weighted by Gasteiger charge is -2.08. The Morgan fingerprint density at radius 1 is 1.43 bits per heavy atom. The van der Waals surface area contributed by atoms with E-state index in [0.717, 1.165) is 0 Å². The van der Waals surface area contributed by atoms with Gasteiger partial charge < -0.3 is 20.5 Å². The van der Waals surface area contributed by atoms with E-state index in [0.29, 0.717) is 5.69 Å². The van der Waals surface area contributed by atoms with E-state index in [1.54, 1.807) is 7.05 Å². The maximum absolute atomic E-state index is 10.6. The van der Waals surface area contributed by atoms with E-state index >= 15 is 0 Å². The van der Waals surface area contributed by atoms with Crippen LogP contribution >= 0.6 is 0 Å². The lowest BCUT2D eigenvalue weighted by molar-refractivity contribution is 0.0697. The number of carboxylic acid groups (broad SMARTS) is 1. The van der Waals surface area contributed by atoms with Gasteiger partial charge in [0.15, 0.2) is 0 Å². The van der Waals surface area contributed by atoms with E-state index in [4.69, 9.17) is 15.2 Å². The molecule has 0 saturated carbocycles. The Morgan fingerprint density at radius 2 is 2.07 bits per heavy atom. The molecule has 0 spiro atoms. The van der Waals surface area contributed by atoms with E-state index < -0.39 is 13.1 Å². The summed E-state index contributed by atoms with van der Waals surface area (Å²) >= 11 is 0. The number of anilines is 1. The van der Waals surface area contributed by atoms with Crippen molar-refractivity contribution in [2.24, 2.45) is 0 Å². The Labute approximate surface area is 81.1 Å². The highest BCUT2D eigenvalue weighted by Crippen LogP contribution is 2.08. The predicted molar refractivity (Wildman–Crippen MR) is 52.8 cm³/mol. The lowest BCUT2D eigenvalue weighted by Crippen LogP contribution is -2.32. The molecule has 0 atom stereocenters. The molecule has 0 aliphatic carbocycles. The van der Waals surface area contributed by atoms with Gasteiger partial charge in [0.25, 0.3) is 0 Å². The van der Waals surface area contributed by atoms with Crippen molar-refractivity contribution < 1.29 is 19.9 Å². The molecule has 0 heterocycles. The van der Waals surface area contributed by atoms with Gasteiger partial charge in [-0.05, 0) is 12.1 Å². The number of hydrogen-bond donors (Lipinski definition) is 4. The summed E-state index contributed by atoms with van der Waals surface area (Å²) in [5, 5.41) is 29.2. The second kappa shape index (κ2) is 4.12. The molecule has 0 aromatic heterocycles. The van der Waals surface area contributed by atoms with Gasteiger partial charge in [-0.3, -0.25) is 0 Å². The summed E-state index contributed by atoms with van der Waals surface area (Å²) in [6.45, 7) is 0. The van der Waals surface area contributed by atoms with Crippen molar-refractivity contribution in [1.82, 2.24) is 0 Å². The third kappa shape index (κ3) is 2.04. The van der Waals surface area contributed by atoms with Crippen LogP contribution < -0.4 is 10.8 Å². The van der Waals surface area contributed by atoms with Crippen molar-refractivity contribution >= 4 is 24.2 Å². The van der Waals surface area contributed by atoms with Gasteiger partial charge in [-0.2, -0.15) is 0 Å². The van der Waals surface area contributed by atoms with Crippen LogP contribution in [0.4, 0.5) is 5.69 Å². The molecule has 14 heavy (non-hydrogen) atoms. The number of carboxylic acids is 1. The minimum Gasteiger partial charge on any atom is -0.478 e. The van der Waals surface area contributed by atoms with Crippen molar-refractivity contribution in [3.05, 3.63) is 23.8 Å². The standard InChI is InChI=1S/C8H10BNO4/c1-10-7-4-5(8(11)12)2-3-6(7)9(13)14/h2-4,10,13-14H,1H3,(H,11,12). The van der Waals surface area contributed by atoms with Crippen molar-refractivity contribution in [1.29, 1.82) is 0 Å². The first-order valence-corrected chi connectivity index (χ1v) is 3.97. The minimum absolute atomic E-state index is 0.0961. The first-order chi connectivity index (χ1) is 6.56.